The van der Waals surface area contributed by atoms with Gasteiger partial charge in [0.05, 0.1) is 7.11 Å². The first-order valence-electron chi connectivity index (χ1n) is 4.50. The molecule has 1 saturated heterocycles. The lowest BCUT2D eigenvalue weighted by atomic mass is 9.93. The number of carbonyl (C=O) groups is 4. The minimum absolute atomic E-state index is 0.835. The lowest BCUT2D eigenvalue weighted by Gasteiger charge is -2.19. The van der Waals surface area contributed by atoms with E-state index in [1.807, 2.05) is 0 Å². The second-order valence-corrected chi connectivity index (χ2v) is 3.62. The van der Waals surface area contributed by atoms with Crippen LogP contribution in [0.4, 0.5) is 0 Å². The maximum atomic E-state index is 11.5. The van der Waals surface area contributed by atoms with E-state index in [1.165, 1.54) is 13.8 Å². The molecule has 1 aliphatic rings. The van der Waals surface area contributed by atoms with E-state index in [4.69, 9.17) is 0 Å². The second kappa shape index (κ2) is 4.44. The topological polar surface area (TPSA) is 105 Å². The highest BCUT2D eigenvalue weighted by atomic mass is 16.8. The summed E-state index contributed by atoms with van der Waals surface area (Å²) in [6.07, 6.45) is 0. The Morgan fingerprint density at radius 3 is 2.00 bits per heavy atom. The van der Waals surface area contributed by atoms with Gasteiger partial charge in [0.25, 0.3) is 0 Å². The number of hydrogen-bond donors (Lipinski definition) is 0. The van der Waals surface area contributed by atoms with Gasteiger partial charge in [-0.1, -0.05) is 0 Å². The van der Waals surface area contributed by atoms with Crippen molar-refractivity contribution in [2.75, 3.05) is 7.11 Å². The number of hydrogen-bond acceptors (Lipinski definition) is 8. The van der Waals surface area contributed by atoms with E-state index in [2.05, 4.69) is 18.7 Å². The van der Waals surface area contributed by atoms with Crippen molar-refractivity contribution in [1.29, 1.82) is 0 Å². The summed E-state index contributed by atoms with van der Waals surface area (Å²) in [6, 6.07) is 0. The molecule has 8 nitrogen and oxygen atoms in total. The Labute approximate surface area is 96.3 Å². The zero-order valence-electron chi connectivity index (χ0n) is 9.34. The zero-order valence-corrected chi connectivity index (χ0v) is 9.34. The van der Waals surface area contributed by atoms with Crippen LogP contribution in [0.15, 0.2) is 0 Å². The van der Waals surface area contributed by atoms with Crippen molar-refractivity contribution in [3.63, 3.8) is 0 Å². The van der Waals surface area contributed by atoms with Crippen LogP contribution in [0.3, 0.4) is 0 Å². The first-order chi connectivity index (χ1) is 7.78. The fourth-order valence-electron chi connectivity index (χ4n) is 0.916. The van der Waals surface area contributed by atoms with E-state index in [0.717, 1.165) is 7.11 Å². The quantitative estimate of drug-likeness (QED) is 0.264. The molecule has 92 valence electrons. The summed E-state index contributed by atoms with van der Waals surface area (Å²) in [5, 5.41) is 0. The van der Waals surface area contributed by atoms with Gasteiger partial charge in [-0.15, -0.1) is 0 Å². The molecule has 17 heavy (non-hydrogen) atoms. The summed E-state index contributed by atoms with van der Waals surface area (Å²) in [4.78, 5) is 44.0. The molecule has 0 N–H and O–H groups in total. The van der Waals surface area contributed by atoms with Crippen molar-refractivity contribution in [2.24, 2.45) is 5.41 Å². The van der Waals surface area contributed by atoms with E-state index in [-0.39, 0.29) is 0 Å². The first kappa shape index (κ1) is 13.0. The molecule has 0 aliphatic carbocycles. The standard InChI is InChI=1S/C8H9BO8/c1-8(2,6(12)14-3)7(13)17-9-15-4(10)5(11)16-9/h1-3H3. The molecule has 0 amide bonds. The van der Waals surface area contributed by atoms with Crippen molar-refractivity contribution < 1.29 is 37.9 Å². The van der Waals surface area contributed by atoms with E-state index in [9.17, 15) is 19.2 Å². The third-order valence-corrected chi connectivity index (χ3v) is 1.98. The molecule has 1 rings (SSSR count). The Hall–Kier alpha value is -2.06. The lowest BCUT2D eigenvalue weighted by Crippen LogP contribution is -2.39. The molecular weight excluding hydrogens is 235 g/mol. The normalized spacial score (nSPS) is 15.1. The number of ether oxygens (including phenoxy) is 1. The Morgan fingerprint density at radius 1 is 1.12 bits per heavy atom. The molecule has 1 aliphatic heterocycles. The summed E-state index contributed by atoms with van der Waals surface area (Å²) < 4.78 is 17.4. The van der Waals surface area contributed by atoms with Gasteiger partial charge in [-0.3, -0.25) is 9.59 Å². The van der Waals surface area contributed by atoms with Gasteiger partial charge >= 0.3 is 31.2 Å². The number of carbonyl (C=O) groups excluding carboxylic acids is 4. The van der Waals surface area contributed by atoms with E-state index in [1.54, 1.807) is 0 Å². The van der Waals surface area contributed by atoms with Gasteiger partial charge in [0.2, 0.25) is 0 Å². The molecule has 0 atom stereocenters. The van der Waals surface area contributed by atoms with Crippen LogP contribution in [0, 0.1) is 5.41 Å². The zero-order chi connectivity index (χ0) is 13.2. The Bertz CT molecular complexity index is 371. The van der Waals surface area contributed by atoms with E-state index < -0.39 is 36.6 Å². The molecule has 1 heterocycles. The summed E-state index contributed by atoms with van der Waals surface area (Å²) in [7, 11) is -0.654. The van der Waals surface area contributed by atoms with Crippen LogP contribution < -0.4 is 0 Å². The monoisotopic (exact) mass is 244 g/mol. The predicted octanol–water partition coefficient (Wildman–Crippen LogP) is -1.19. The molecule has 0 aromatic heterocycles. The highest BCUT2D eigenvalue weighted by Gasteiger charge is 2.50. The van der Waals surface area contributed by atoms with Crippen LogP contribution in [-0.2, 0) is 37.9 Å². The fourth-order valence-corrected chi connectivity index (χ4v) is 0.916. The minimum atomic E-state index is -1.76. The molecule has 0 radical (unpaired) electrons. The molecule has 0 spiro atoms. The summed E-state index contributed by atoms with van der Waals surface area (Å²) >= 11 is 0. The highest BCUT2D eigenvalue weighted by Crippen LogP contribution is 2.20. The maximum absolute atomic E-state index is 11.5. The molecule has 0 aromatic carbocycles. The number of esters is 1. The average molecular weight is 244 g/mol. The predicted molar refractivity (Wildman–Crippen MR) is 49.8 cm³/mol. The summed E-state index contributed by atoms with van der Waals surface area (Å²) in [5.41, 5.74) is -1.60. The Morgan fingerprint density at radius 2 is 1.59 bits per heavy atom. The van der Waals surface area contributed by atoms with Gasteiger partial charge in [-0.25, -0.2) is 9.59 Å². The number of rotatable bonds is 3. The van der Waals surface area contributed by atoms with Crippen LogP contribution >= 0.6 is 0 Å². The van der Waals surface area contributed by atoms with Crippen LogP contribution in [0.1, 0.15) is 13.8 Å². The maximum Gasteiger partial charge on any atom is 0.870 e. The van der Waals surface area contributed by atoms with Crippen molar-refractivity contribution in [3.8, 4) is 0 Å². The van der Waals surface area contributed by atoms with Gasteiger partial charge < -0.3 is 18.7 Å². The third-order valence-electron chi connectivity index (χ3n) is 1.98. The molecule has 0 saturated carbocycles. The average Bonchev–Trinajstić information content (AvgIpc) is 2.56. The molecule has 9 heteroatoms. The fraction of sp³-hybridized carbons (Fsp3) is 0.500. The summed E-state index contributed by atoms with van der Waals surface area (Å²) in [6.45, 7) is 2.50. The van der Waals surface area contributed by atoms with E-state index >= 15 is 0 Å². The van der Waals surface area contributed by atoms with Gasteiger partial charge in [-0.05, 0) is 13.8 Å². The minimum Gasteiger partial charge on any atom is -0.468 e. The smallest absolute Gasteiger partial charge is 0.468 e. The highest BCUT2D eigenvalue weighted by molar-refractivity contribution is 6.57. The molecular formula is C8H9BO8. The number of methoxy groups -OCH3 is 1. The van der Waals surface area contributed by atoms with Gasteiger partial charge in [-0.2, -0.15) is 0 Å². The Balaban J connectivity index is 2.64. The summed E-state index contributed by atoms with van der Waals surface area (Å²) in [5.74, 6) is -4.41. The van der Waals surface area contributed by atoms with Crippen molar-refractivity contribution in [1.82, 2.24) is 0 Å². The third kappa shape index (κ3) is 2.55. The van der Waals surface area contributed by atoms with Crippen LogP contribution in [0.5, 0.6) is 0 Å². The van der Waals surface area contributed by atoms with Gasteiger partial charge in [0.1, 0.15) is 0 Å². The van der Waals surface area contributed by atoms with Crippen LogP contribution in [0.25, 0.3) is 0 Å². The van der Waals surface area contributed by atoms with E-state index in [0.29, 0.717) is 0 Å². The van der Waals surface area contributed by atoms with Crippen molar-refractivity contribution in [2.45, 2.75) is 13.8 Å². The Kier molecular flexibility index (Phi) is 3.40. The first-order valence-corrected chi connectivity index (χ1v) is 4.50. The van der Waals surface area contributed by atoms with Crippen LogP contribution in [0.2, 0.25) is 0 Å². The van der Waals surface area contributed by atoms with Crippen LogP contribution in [-0.4, -0.2) is 38.3 Å². The largest absolute Gasteiger partial charge is 0.870 e. The molecule has 0 unspecified atom stereocenters. The molecule has 1 fully saturated rings. The van der Waals surface area contributed by atoms with Crippen molar-refractivity contribution >= 4 is 31.2 Å². The molecule has 0 bridgehead atoms. The second-order valence-electron chi connectivity index (χ2n) is 3.62. The van der Waals surface area contributed by atoms with Gasteiger partial charge in [0.15, 0.2) is 5.41 Å². The SMILES string of the molecule is COC(=O)C(C)(C)C(=O)OB1OC(=O)C(=O)O1. The molecule has 0 aromatic rings. The lowest BCUT2D eigenvalue weighted by molar-refractivity contribution is -0.163. The van der Waals surface area contributed by atoms with Gasteiger partial charge in [0, 0.05) is 0 Å². The van der Waals surface area contributed by atoms with Crippen molar-refractivity contribution in [3.05, 3.63) is 0 Å².